The van der Waals surface area contributed by atoms with Crippen LogP contribution in [0.2, 0.25) is 0 Å². The molecule has 0 heterocycles. The average Bonchev–Trinajstić information content (AvgIpc) is 3.31. The maximum atomic E-state index is 10.2. The van der Waals surface area contributed by atoms with Crippen LogP contribution >= 0.6 is 0 Å². The largest absolute Gasteiger partial charge is 0.198 e. The molecule has 24 heavy (non-hydrogen) atoms. The molecule has 8 bridgehead atoms. The fourth-order valence-electron chi connectivity index (χ4n) is 17.2. The van der Waals surface area contributed by atoms with E-state index in [1.165, 1.54) is 0 Å². The molecule has 13 aliphatic rings. The average molecular weight is 310 g/mol. The lowest BCUT2D eigenvalue weighted by atomic mass is 9.28. The van der Waals surface area contributed by atoms with Crippen molar-refractivity contribution in [2.75, 3.05) is 0 Å². The summed E-state index contributed by atoms with van der Waals surface area (Å²) in [7, 11) is 0. The summed E-state index contributed by atoms with van der Waals surface area (Å²) < 4.78 is 0. The summed E-state index contributed by atoms with van der Waals surface area (Å²) in [5.74, 6) is 11.8. The summed E-state index contributed by atoms with van der Waals surface area (Å²) in [6.45, 7) is 0. The SMILES string of the molecule is N#CC1C2C3C4C1C15C6CC7C8C6C6CC8C8(C3C(C#N)C4C618)C725. The van der Waals surface area contributed by atoms with Gasteiger partial charge in [-0.3, -0.25) is 0 Å². The molecule has 0 amide bonds. The molecule has 13 fully saturated rings. The van der Waals surface area contributed by atoms with Gasteiger partial charge in [-0.1, -0.05) is 0 Å². The Labute approximate surface area is 140 Å². The monoisotopic (exact) mass is 310 g/mol. The molecule has 0 saturated heterocycles. The summed E-state index contributed by atoms with van der Waals surface area (Å²) in [4.78, 5) is 0. The van der Waals surface area contributed by atoms with Crippen molar-refractivity contribution < 1.29 is 0 Å². The van der Waals surface area contributed by atoms with Gasteiger partial charge in [0.25, 0.3) is 0 Å². The molecule has 0 aromatic rings. The minimum atomic E-state index is 0.413. The molecule has 2 heteroatoms. The number of hydrogen-bond acceptors (Lipinski definition) is 2. The molecule has 2 nitrogen and oxygen atoms in total. The lowest BCUT2D eigenvalue weighted by molar-refractivity contribution is -0.297. The minimum Gasteiger partial charge on any atom is -0.198 e. The van der Waals surface area contributed by atoms with Crippen LogP contribution in [0.4, 0.5) is 0 Å². The molecule has 13 aliphatic carbocycles. The van der Waals surface area contributed by atoms with E-state index in [0.29, 0.717) is 33.5 Å². The first-order valence-corrected chi connectivity index (χ1v) is 10.6. The van der Waals surface area contributed by atoms with Crippen LogP contribution in [-0.4, -0.2) is 0 Å². The van der Waals surface area contributed by atoms with E-state index in [9.17, 15) is 10.5 Å². The summed E-state index contributed by atoms with van der Waals surface area (Å²) >= 11 is 0. The van der Waals surface area contributed by atoms with E-state index in [1.807, 2.05) is 0 Å². The van der Waals surface area contributed by atoms with Crippen LogP contribution in [0.5, 0.6) is 0 Å². The highest BCUT2D eigenvalue weighted by Crippen LogP contribution is 3.23. The highest BCUT2D eigenvalue weighted by molar-refractivity contribution is 5.68. The third-order valence-corrected chi connectivity index (χ3v) is 14.4. The van der Waals surface area contributed by atoms with Gasteiger partial charge in [0.1, 0.15) is 0 Å². The molecule has 0 aliphatic heterocycles. The van der Waals surface area contributed by atoms with Crippen LogP contribution in [0.15, 0.2) is 0 Å². The lowest BCUT2D eigenvalue weighted by Crippen LogP contribution is -2.73. The van der Waals surface area contributed by atoms with E-state index >= 15 is 0 Å². The Morgan fingerprint density at radius 2 is 0.875 bits per heavy atom. The molecule has 0 N–H and O–H groups in total. The minimum absolute atomic E-state index is 0.413. The van der Waals surface area contributed by atoms with Crippen LogP contribution in [0, 0.1) is 127 Å². The molecular weight excluding hydrogens is 292 g/mol. The zero-order valence-corrected chi connectivity index (χ0v) is 13.4. The van der Waals surface area contributed by atoms with Crippen molar-refractivity contribution in [3.05, 3.63) is 0 Å². The van der Waals surface area contributed by atoms with E-state index in [0.717, 1.165) is 71.0 Å². The third kappa shape index (κ3) is 0.367. The van der Waals surface area contributed by atoms with Gasteiger partial charge in [0.05, 0.1) is 24.0 Å². The molecule has 13 saturated carbocycles. The van der Waals surface area contributed by atoms with Gasteiger partial charge in [-0.25, -0.2) is 0 Å². The van der Waals surface area contributed by atoms with Gasteiger partial charge in [0.15, 0.2) is 0 Å². The lowest BCUT2D eigenvalue weighted by Gasteiger charge is -2.74. The van der Waals surface area contributed by atoms with Crippen molar-refractivity contribution in [1.82, 2.24) is 0 Å². The second-order valence-electron chi connectivity index (χ2n) is 12.1. The van der Waals surface area contributed by atoms with Gasteiger partial charge in [0, 0.05) is 0 Å². The highest BCUT2D eigenvalue weighted by atomic mass is 15.2. The van der Waals surface area contributed by atoms with E-state index in [4.69, 9.17) is 0 Å². The van der Waals surface area contributed by atoms with E-state index in [2.05, 4.69) is 12.1 Å². The summed E-state index contributed by atoms with van der Waals surface area (Å²) in [6, 6.07) is 5.84. The fourth-order valence-corrected chi connectivity index (χ4v) is 17.2. The number of hydrogen-bond donors (Lipinski definition) is 0. The van der Waals surface area contributed by atoms with Crippen LogP contribution in [0.3, 0.4) is 0 Å². The Hall–Kier alpha value is -1.02. The topological polar surface area (TPSA) is 47.6 Å². The van der Waals surface area contributed by atoms with Crippen molar-refractivity contribution in [3.63, 3.8) is 0 Å². The van der Waals surface area contributed by atoms with Crippen LogP contribution in [-0.2, 0) is 0 Å². The maximum Gasteiger partial charge on any atom is 0.0662 e. The standard InChI is InChI=1S/C22H18N2/c23-3-5-15-13-14-16(5)20-8-1-7-11-9-2-10(12(8)11)22(20)18(14)6(4-24)17(13)21(9,22)19(7,15)20/h5-18H,1-2H2. The molecule has 4 spiro atoms. The smallest absolute Gasteiger partial charge is 0.0662 e. The van der Waals surface area contributed by atoms with E-state index in [-0.39, 0.29) is 0 Å². The van der Waals surface area contributed by atoms with E-state index in [1.54, 1.807) is 12.8 Å². The normalized spacial score (nSPS) is 97.4. The first-order valence-electron chi connectivity index (χ1n) is 10.6. The number of rotatable bonds is 0. The maximum absolute atomic E-state index is 10.2. The molecular formula is C22H18N2. The van der Waals surface area contributed by atoms with E-state index < -0.39 is 0 Å². The van der Waals surface area contributed by atoms with Crippen molar-refractivity contribution in [3.8, 4) is 12.1 Å². The van der Waals surface area contributed by atoms with Crippen LogP contribution in [0.1, 0.15) is 12.8 Å². The van der Waals surface area contributed by atoms with Gasteiger partial charge < -0.3 is 0 Å². The molecule has 0 aromatic heterocycles. The van der Waals surface area contributed by atoms with Gasteiger partial charge in [-0.15, -0.1) is 0 Å². The Bertz CT molecular complexity index is 846. The molecule has 8 unspecified atom stereocenters. The predicted octanol–water partition coefficient (Wildman–Crippen LogP) is 2.54. The number of nitriles is 2. The second-order valence-corrected chi connectivity index (χ2v) is 12.1. The Balaban J connectivity index is 1.48. The quantitative estimate of drug-likeness (QED) is 0.690. The Kier molecular flexibility index (Phi) is 0.865. The van der Waals surface area contributed by atoms with Gasteiger partial charge in [0.2, 0.25) is 0 Å². The Morgan fingerprint density at radius 1 is 0.542 bits per heavy atom. The predicted molar refractivity (Wildman–Crippen MR) is 79.1 cm³/mol. The first kappa shape index (κ1) is 10.2. The van der Waals surface area contributed by atoms with Gasteiger partial charge >= 0.3 is 0 Å². The Morgan fingerprint density at radius 3 is 1.17 bits per heavy atom. The van der Waals surface area contributed by atoms with Crippen molar-refractivity contribution in [2.45, 2.75) is 12.8 Å². The molecule has 13 rings (SSSR count). The third-order valence-electron chi connectivity index (χ3n) is 14.4. The summed E-state index contributed by atoms with van der Waals surface area (Å²) in [5, 5.41) is 20.4. The summed E-state index contributed by atoms with van der Waals surface area (Å²) in [5.41, 5.74) is 2.50. The first-order chi connectivity index (χ1) is 11.8. The van der Waals surface area contributed by atoms with Gasteiger partial charge in [-0.2, -0.15) is 10.5 Å². The van der Waals surface area contributed by atoms with Crippen molar-refractivity contribution in [2.24, 2.45) is 105 Å². The van der Waals surface area contributed by atoms with Crippen LogP contribution < -0.4 is 0 Å². The van der Waals surface area contributed by atoms with Crippen LogP contribution in [0.25, 0.3) is 0 Å². The second kappa shape index (κ2) is 2.03. The van der Waals surface area contributed by atoms with Crippen molar-refractivity contribution >= 4 is 0 Å². The van der Waals surface area contributed by atoms with Gasteiger partial charge in [-0.05, 0) is 106 Å². The zero-order chi connectivity index (χ0) is 14.9. The number of nitrogens with zero attached hydrogens (tertiary/aromatic N) is 2. The summed E-state index contributed by atoms with van der Waals surface area (Å²) in [6.07, 6.45) is 3.15. The van der Waals surface area contributed by atoms with Crippen molar-refractivity contribution in [1.29, 1.82) is 10.5 Å². The molecule has 0 aromatic carbocycles. The zero-order valence-electron chi connectivity index (χ0n) is 13.4. The molecule has 8 atom stereocenters. The highest BCUT2D eigenvalue weighted by Gasteiger charge is 3.21. The fraction of sp³-hybridized carbons (Fsp3) is 0.909. The molecule has 0 radical (unpaired) electrons. The molecule has 116 valence electrons.